The first-order valence-corrected chi connectivity index (χ1v) is 10.5. The fourth-order valence-corrected chi connectivity index (χ4v) is 4.45. The summed E-state index contributed by atoms with van der Waals surface area (Å²) in [7, 11) is 0. The first-order valence-electron chi connectivity index (χ1n) is 10.5. The van der Waals surface area contributed by atoms with Gasteiger partial charge in [0.2, 0.25) is 5.91 Å². The summed E-state index contributed by atoms with van der Waals surface area (Å²) in [6.45, 7) is 7.93. The molecule has 7 heteroatoms. The van der Waals surface area contributed by atoms with E-state index in [-0.39, 0.29) is 24.3 Å². The molecule has 1 amide bonds. The number of aryl methyl sites for hydroxylation is 3. The Hall–Kier alpha value is -3.19. The van der Waals surface area contributed by atoms with Gasteiger partial charge in [0.05, 0.1) is 23.8 Å². The predicted molar refractivity (Wildman–Crippen MR) is 116 cm³/mol. The van der Waals surface area contributed by atoms with Crippen LogP contribution in [0.2, 0.25) is 0 Å². The number of β-lactam (4-membered cyclic amide) rings is 1. The number of nitrogens with zero attached hydrogens (tertiary/aromatic N) is 3. The fraction of sp³-hybridized carbons (Fsp3) is 0.375. The summed E-state index contributed by atoms with van der Waals surface area (Å²) in [5.41, 5.74) is 3.80. The number of rotatable bonds is 8. The van der Waals surface area contributed by atoms with E-state index < -0.39 is 18.0 Å². The highest BCUT2D eigenvalue weighted by atomic mass is 16.5. The number of carbonyl (C=O) groups is 2. The highest BCUT2D eigenvalue weighted by Crippen LogP contribution is 2.47. The SMILES string of the molecule is C=CCOC(=O)C1=C(c2cc(C)n(CCc3ccccc3)n2)C[C@@H]2[C@@H]([C@@H](C)O)C(=O)N12. The third-order valence-electron chi connectivity index (χ3n) is 6.00. The van der Waals surface area contributed by atoms with Crippen molar-refractivity contribution >= 4 is 17.4 Å². The molecule has 2 aliphatic rings. The van der Waals surface area contributed by atoms with E-state index >= 15 is 0 Å². The Morgan fingerprint density at radius 3 is 2.81 bits per heavy atom. The average Bonchev–Trinajstić information content (AvgIpc) is 3.28. The standard InChI is InChI=1S/C24H27N3O4/c1-4-12-31-24(30)22-18(14-20-21(16(3)28)23(29)27(20)22)19-13-15(2)26(25-19)11-10-17-8-6-5-7-9-17/h4-9,13,16,20-21,28H,1,10-12,14H2,2-3H3/t16-,20-,21-/m1/s1. The second kappa shape index (κ2) is 8.51. The van der Waals surface area contributed by atoms with Gasteiger partial charge in [0.15, 0.2) is 0 Å². The Morgan fingerprint density at radius 1 is 1.39 bits per heavy atom. The van der Waals surface area contributed by atoms with Crippen molar-refractivity contribution in [3.05, 3.63) is 71.7 Å². The molecular formula is C24H27N3O4. The van der Waals surface area contributed by atoms with Gasteiger partial charge in [0, 0.05) is 17.8 Å². The van der Waals surface area contributed by atoms with Crippen LogP contribution < -0.4 is 0 Å². The van der Waals surface area contributed by atoms with Gasteiger partial charge in [-0.3, -0.25) is 9.48 Å². The van der Waals surface area contributed by atoms with Gasteiger partial charge in [0.1, 0.15) is 12.3 Å². The zero-order valence-corrected chi connectivity index (χ0v) is 17.8. The Balaban J connectivity index is 1.63. The van der Waals surface area contributed by atoms with Crippen LogP contribution in [0.1, 0.15) is 30.3 Å². The van der Waals surface area contributed by atoms with Crippen LogP contribution in [-0.4, -0.2) is 50.4 Å². The summed E-state index contributed by atoms with van der Waals surface area (Å²) in [6.07, 6.45) is 2.02. The van der Waals surface area contributed by atoms with Crippen molar-refractivity contribution in [3.63, 3.8) is 0 Å². The van der Waals surface area contributed by atoms with Crippen molar-refractivity contribution in [1.82, 2.24) is 14.7 Å². The number of hydrogen-bond acceptors (Lipinski definition) is 5. The topological polar surface area (TPSA) is 84.7 Å². The summed E-state index contributed by atoms with van der Waals surface area (Å²) in [5, 5.41) is 14.8. The second-order valence-electron chi connectivity index (χ2n) is 8.09. The first kappa shape index (κ1) is 21.1. The van der Waals surface area contributed by atoms with Gasteiger partial charge in [-0.25, -0.2) is 4.79 Å². The van der Waals surface area contributed by atoms with Crippen molar-refractivity contribution in [1.29, 1.82) is 0 Å². The van der Waals surface area contributed by atoms with Crippen molar-refractivity contribution in [2.24, 2.45) is 5.92 Å². The highest BCUT2D eigenvalue weighted by Gasteiger charge is 2.57. The monoisotopic (exact) mass is 421 g/mol. The number of benzene rings is 1. The number of esters is 1. The Bertz CT molecular complexity index is 1040. The van der Waals surface area contributed by atoms with Gasteiger partial charge < -0.3 is 14.7 Å². The summed E-state index contributed by atoms with van der Waals surface area (Å²) >= 11 is 0. The Labute approximate surface area is 181 Å². The smallest absolute Gasteiger partial charge is 0.355 e. The van der Waals surface area contributed by atoms with Crippen LogP contribution in [0.5, 0.6) is 0 Å². The van der Waals surface area contributed by atoms with Gasteiger partial charge in [-0.2, -0.15) is 5.10 Å². The maximum absolute atomic E-state index is 12.8. The number of fused-ring (bicyclic) bond motifs is 1. The van der Waals surface area contributed by atoms with Gasteiger partial charge in [-0.1, -0.05) is 43.0 Å². The van der Waals surface area contributed by atoms with Crippen LogP contribution in [-0.2, 0) is 27.3 Å². The Kier molecular flexibility index (Phi) is 5.78. The lowest BCUT2D eigenvalue weighted by atomic mass is 9.83. The van der Waals surface area contributed by atoms with Crippen LogP contribution >= 0.6 is 0 Å². The molecule has 162 valence electrons. The maximum Gasteiger partial charge on any atom is 0.355 e. The van der Waals surface area contributed by atoms with E-state index in [4.69, 9.17) is 9.84 Å². The normalized spacial score (nSPS) is 21.0. The molecule has 0 radical (unpaired) electrons. The van der Waals surface area contributed by atoms with Crippen LogP contribution in [0.25, 0.3) is 5.57 Å². The van der Waals surface area contributed by atoms with Crippen molar-refractivity contribution < 1.29 is 19.4 Å². The second-order valence-corrected chi connectivity index (χ2v) is 8.09. The minimum atomic E-state index is -0.774. The zero-order chi connectivity index (χ0) is 22.1. The van der Waals surface area contributed by atoms with Gasteiger partial charge >= 0.3 is 5.97 Å². The van der Waals surface area contributed by atoms with Gasteiger partial charge in [-0.05, 0) is 38.3 Å². The zero-order valence-electron chi connectivity index (χ0n) is 17.8. The van der Waals surface area contributed by atoms with E-state index in [1.165, 1.54) is 16.5 Å². The number of amides is 1. The molecule has 1 aromatic carbocycles. The number of ether oxygens (including phenoxy) is 1. The number of aliphatic hydroxyl groups is 1. The van der Waals surface area contributed by atoms with Crippen LogP contribution in [0.3, 0.4) is 0 Å². The van der Waals surface area contributed by atoms with E-state index in [1.807, 2.05) is 35.9 Å². The summed E-state index contributed by atoms with van der Waals surface area (Å²) in [6, 6.07) is 11.9. The largest absolute Gasteiger partial charge is 0.457 e. The molecular weight excluding hydrogens is 394 g/mol. The van der Waals surface area contributed by atoms with Crippen LogP contribution in [0.4, 0.5) is 0 Å². The van der Waals surface area contributed by atoms with Crippen molar-refractivity contribution in [2.75, 3.05) is 6.61 Å². The quantitative estimate of drug-likeness (QED) is 0.402. The van der Waals surface area contributed by atoms with E-state index in [1.54, 1.807) is 6.92 Å². The third kappa shape index (κ3) is 3.81. The lowest BCUT2D eigenvalue weighted by molar-refractivity contribution is -0.162. The van der Waals surface area contributed by atoms with Crippen molar-refractivity contribution in [3.8, 4) is 0 Å². The third-order valence-corrected chi connectivity index (χ3v) is 6.00. The molecule has 31 heavy (non-hydrogen) atoms. The summed E-state index contributed by atoms with van der Waals surface area (Å²) in [4.78, 5) is 26.9. The number of aliphatic hydroxyl groups excluding tert-OH is 1. The number of aromatic nitrogens is 2. The predicted octanol–water partition coefficient (Wildman–Crippen LogP) is 2.49. The molecule has 2 aliphatic heterocycles. The lowest BCUT2D eigenvalue weighted by Gasteiger charge is -2.44. The summed E-state index contributed by atoms with van der Waals surface area (Å²) < 4.78 is 7.18. The van der Waals surface area contributed by atoms with E-state index in [9.17, 15) is 14.7 Å². The van der Waals surface area contributed by atoms with Crippen LogP contribution in [0.15, 0.2) is 54.8 Å². The molecule has 0 unspecified atom stereocenters. The minimum absolute atomic E-state index is 0.0622. The number of carbonyl (C=O) groups excluding carboxylic acids is 2. The Morgan fingerprint density at radius 2 is 2.13 bits per heavy atom. The van der Waals surface area contributed by atoms with Gasteiger partial charge in [0.25, 0.3) is 0 Å². The molecule has 0 bridgehead atoms. The molecule has 0 saturated carbocycles. The molecule has 0 spiro atoms. The molecule has 7 nitrogen and oxygen atoms in total. The minimum Gasteiger partial charge on any atom is -0.457 e. The molecule has 1 aromatic heterocycles. The fourth-order valence-electron chi connectivity index (χ4n) is 4.45. The van der Waals surface area contributed by atoms with Crippen molar-refractivity contribution in [2.45, 2.75) is 45.4 Å². The van der Waals surface area contributed by atoms with Gasteiger partial charge in [-0.15, -0.1) is 0 Å². The average molecular weight is 421 g/mol. The van der Waals surface area contributed by atoms with E-state index in [2.05, 4.69) is 18.7 Å². The maximum atomic E-state index is 12.8. The number of hydrogen-bond donors (Lipinski definition) is 1. The molecule has 1 saturated heterocycles. The molecule has 3 atom stereocenters. The first-order chi connectivity index (χ1) is 14.9. The molecule has 3 heterocycles. The van der Waals surface area contributed by atoms with Crippen LogP contribution in [0, 0.1) is 12.8 Å². The molecule has 1 fully saturated rings. The molecule has 2 aromatic rings. The molecule has 1 N–H and O–H groups in total. The van der Waals surface area contributed by atoms with E-state index in [0.717, 1.165) is 12.1 Å². The molecule has 4 rings (SSSR count). The highest BCUT2D eigenvalue weighted by molar-refractivity contribution is 6.06. The summed E-state index contributed by atoms with van der Waals surface area (Å²) in [5.74, 6) is -1.33. The van der Waals surface area contributed by atoms with E-state index in [0.29, 0.717) is 24.2 Å². The molecule has 0 aliphatic carbocycles. The lowest BCUT2D eigenvalue weighted by Crippen LogP contribution is -2.61.